The van der Waals surface area contributed by atoms with Crippen molar-refractivity contribution in [1.82, 2.24) is 14.7 Å². The smallest absolute Gasteiger partial charge is 0.137 e. The van der Waals surface area contributed by atoms with Crippen molar-refractivity contribution in [2.45, 2.75) is 39.8 Å². The largest absolute Gasteiger partial charge is 0.395 e. The molecule has 2 N–H and O–H groups in total. The summed E-state index contributed by atoms with van der Waals surface area (Å²) in [6.07, 6.45) is 4.95. The second-order valence-electron chi connectivity index (χ2n) is 6.22. The maximum absolute atomic E-state index is 9.42. The average molecular weight is 261 g/mol. The summed E-state index contributed by atoms with van der Waals surface area (Å²) < 4.78 is 2.01. The molecule has 4 heteroatoms. The fourth-order valence-electron chi connectivity index (χ4n) is 2.26. The number of nitrogens with one attached hydrogen (secondary N) is 1. The first kappa shape index (κ1) is 14.0. The third kappa shape index (κ3) is 4.04. The highest BCUT2D eigenvalue weighted by atomic mass is 16.3. The zero-order valence-corrected chi connectivity index (χ0v) is 11.9. The number of pyridine rings is 1. The van der Waals surface area contributed by atoms with Gasteiger partial charge in [-0.1, -0.05) is 26.8 Å². The molecule has 2 aromatic rings. The van der Waals surface area contributed by atoms with Crippen molar-refractivity contribution in [3.8, 4) is 0 Å². The van der Waals surface area contributed by atoms with Gasteiger partial charge >= 0.3 is 0 Å². The van der Waals surface area contributed by atoms with Crippen molar-refractivity contribution in [2.75, 3.05) is 6.61 Å². The van der Waals surface area contributed by atoms with Crippen LogP contribution in [0.5, 0.6) is 0 Å². The number of rotatable bonds is 5. The van der Waals surface area contributed by atoms with Crippen molar-refractivity contribution in [3.05, 3.63) is 36.3 Å². The summed E-state index contributed by atoms with van der Waals surface area (Å²) in [5.74, 6) is 0. The van der Waals surface area contributed by atoms with Gasteiger partial charge in [0, 0.05) is 25.0 Å². The zero-order valence-electron chi connectivity index (χ0n) is 11.9. The van der Waals surface area contributed by atoms with E-state index in [4.69, 9.17) is 0 Å². The number of aliphatic hydroxyl groups is 1. The molecule has 104 valence electrons. The standard InChI is InChI=1S/C15H23N3O/c1-15(2,3)8-12(11-19)16-9-13-10-18-7-5-4-6-14(18)17-13/h4-7,10,12,16,19H,8-9,11H2,1-3H3. The highest BCUT2D eigenvalue weighted by molar-refractivity contribution is 5.39. The first-order valence-electron chi connectivity index (χ1n) is 6.75. The molecule has 0 saturated heterocycles. The van der Waals surface area contributed by atoms with Crippen LogP contribution in [-0.4, -0.2) is 27.1 Å². The lowest BCUT2D eigenvalue weighted by Crippen LogP contribution is -2.35. The molecule has 2 aromatic heterocycles. The second kappa shape index (κ2) is 5.72. The molecule has 0 amide bonds. The van der Waals surface area contributed by atoms with E-state index >= 15 is 0 Å². The van der Waals surface area contributed by atoms with E-state index in [-0.39, 0.29) is 18.1 Å². The molecule has 0 fully saturated rings. The zero-order chi connectivity index (χ0) is 13.9. The molecule has 0 aliphatic rings. The van der Waals surface area contributed by atoms with Gasteiger partial charge in [-0.2, -0.15) is 0 Å². The topological polar surface area (TPSA) is 49.6 Å². The summed E-state index contributed by atoms with van der Waals surface area (Å²) in [6, 6.07) is 6.07. The number of fused-ring (bicyclic) bond motifs is 1. The third-order valence-corrected chi connectivity index (χ3v) is 3.06. The highest BCUT2D eigenvalue weighted by Gasteiger charge is 2.17. The Morgan fingerprint density at radius 1 is 1.37 bits per heavy atom. The van der Waals surface area contributed by atoms with Crippen LogP contribution >= 0.6 is 0 Å². The lowest BCUT2D eigenvalue weighted by molar-refractivity contribution is 0.197. The molecule has 0 aliphatic carbocycles. The Hall–Kier alpha value is -1.39. The van der Waals surface area contributed by atoms with Gasteiger partial charge in [0.25, 0.3) is 0 Å². The third-order valence-electron chi connectivity index (χ3n) is 3.06. The first-order valence-corrected chi connectivity index (χ1v) is 6.75. The van der Waals surface area contributed by atoms with Crippen molar-refractivity contribution in [1.29, 1.82) is 0 Å². The monoisotopic (exact) mass is 261 g/mol. The van der Waals surface area contributed by atoms with E-state index < -0.39 is 0 Å². The first-order chi connectivity index (χ1) is 8.98. The van der Waals surface area contributed by atoms with Gasteiger partial charge in [0.15, 0.2) is 0 Å². The Balaban J connectivity index is 1.97. The van der Waals surface area contributed by atoms with E-state index in [1.54, 1.807) is 0 Å². The Morgan fingerprint density at radius 2 is 2.16 bits per heavy atom. The Labute approximate surface area is 114 Å². The predicted octanol–water partition coefficient (Wildman–Crippen LogP) is 2.22. The van der Waals surface area contributed by atoms with E-state index in [2.05, 4.69) is 31.1 Å². The molecule has 0 bridgehead atoms. The molecule has 0 spiro atoms. The predicted molar refractivity (Wildman–Crippen MR) is 77.0 cm³/mol. The van der Waals surface area contributed by atoms with E-state index in [1.807, 2.05) is 35.0 Å². The summed E-state index contributed by atoms with van der Waals surface area (Å²) in [4.78, 5) is 4.53. The minimum atomic E-state index is 0.116. The summed E-state index contributed by atoms with van der Waals surface area (Å²) >= 11 is 0. The van der Waals surface area contributed by atoms with Crippen LogP contribution in [0.3, 0.4) is 0 Å². The van der Waals surface area contributed by atoms with Gasteiger partial charge in [0.2, 0.25) is 0 Å². The fourth-order valence-corrected chi connectivity index (χ4v) is 2.26. The van der Waals surface area contributed by atoms with Gasteiger partial charge in [-0.05, 0) is 24.0 Å². The lowest BCUT2D eigenvalue weighted by atomic mass is 9.88. The normalized spacial score (nSPS) is 13.9. The number of aromatic nitrogens is 2. The van der Waals surface area contributed by atoms with Crippen molar-refractivity contribution < 1.29 is 5.11 Å². The maximum atomic E-state index is 9.42. The molecule has 1 unspecified atom stereocenters. The molecule has 4 nitrogen and oxygen atoms in total. The summed E-state index contributed by atoms with van der Waals surface area (Å²) in [5.41, 5.74) is 2.16. The summed E-state index contributed by atoms with van der Waals surface area (Å²) in [7, 11) is 0. The molecule has 19 heavy (non-hydrogen) atoms. The second-order valence-corrected chi connectivity index (χ2v) is 6.22. The number of hydrogen-bond acceptors (Lipinski definition) is 3. The van der Waals surface area contributed by atoms with E-state index in [0.29, 0.717) is 6.54 Å². The molecular weight excluding hydrogens is 238 g/mol. The SMILES string of the molecule is CC(C)(C)CC(CO)NCc1cn2ccccc2n1. The maximum Gasteiger partial charge on any atom is 0.137 e. The van der Waals surface area contributed by atoms with Gasteiger partial charge in [-0.15, -0.1) is 0 Å². The molecular formula is C15H23N3O. The average Bonchev–Trinajstić information content (AvgIpc) is 2.75. The summed E-state index contributed by atoms with van der Waals surface area (Å²) in [5, 5.41) is 12.8. The molecule has 2 heterocycles. The minimum absolute atomic E-state index is 0.116. The summed E-state index contributed by atoms with van der Waals surface area (Å²) in [6.45, 7) is 7.39. The minimum Gasteiger partial charge on any atom is -0.395 e. The number of aliphatic hydroxyl groups excluding tert-OH is 1. The fraction of sp³-hybridized carbons (Fsp3) is 0.533. The van der Waals surface area contributed by atoms with Gasteiger partial charge in [0.1, 0.15) is 5.65 Å². The van der Waals surface area contributed by atoms with Crippen LogP contribution in [0.15, 0.2) is 30.6 Å². The van der Waals surface area contributed by atoms with Gasteiger partial charge < -0.3 is 14.8 Å². The number of hydrogen-bond donors (Lipinski definition) is 2. The van der Waals surface area contributed by atoms with E-state index in [1.165, 1.54) is 0 Å². The van der Waals surface area contributed by atoms with Crippen LogP contribution in [0.2, 0.25) is 0 Å². The van der Waals surface area contributed by atoms with Gasteiger partial charge in [0.05, 0.1) is 12.3 Å². The molecule has 0 aliphatic heterocycles. The van der Waals surface area contributed by atoms with Crippen LogP contribution in [0, 0.1) is 5.41 Å². The van der Waals surface area contributed by atoms with Crippen molar-refractivity contribution >= 4 is 5.65 Å². The van der Waals surface area contributed by atoms with Crippen LogP contribution in [-0.2, 0) is 6.54 Å². The molecule has 0 aromatic carbocycles. The van der Waals surface area contributed by atoms with Crippen LogP contribution in [0.25, 0.3) is 5.65 Å². The van der Waals surface area contributed by atoms with Gasteiger partial charge in [-0.25, -0.2) is 4.98 Å². The Morgan fingerprint density at radius 3 is 2.79 bits per heavy atom. The highest BCUT2D eigenvalue weighted by Crippen LogP contribution is 2.20. The molecule has 0 radical (unpaired) electrons. The van der Waals surface area contributed by atoms with Crippen molar-refractivity contribution in [3.63, 3.8) is 0 Å². The van der Waals surface area contributed by atoms with Crippen LogP contribution < -0.4 is 5.32 Å². The van der Waals surface area contributed by atoms with Crippen LogP contribution in [0.1, 0.15) is 32.9 Å². The molecule has 0 saturated carbocycles. The quantitative estimate of drug-likeness (QED) is 0.867. The number of nitrogens with zero attached hydrogens (tertiary/aromatic N) is 2. The van der Waals surface area contributed by atoms with Crippen molar-refractivity contribution in [2.24, 2.45) is 5.41 Å². The Kier molecular flexibility index (Phi) is 4.22. The van der Waals surface area contributed by atoms with E-state index in [9.17, 15) is 5.11 Å². The number of imidazole rings is 1. The molecule has 2 rings (SSSR count). The van der Waals surface area contributed by atoms with E-state index in [0.717, 1.165) is 17.8 Å². The lowest BCUT2D eigenvalue weighted by Gasteiger charge is -2.25. The Bertz CT molecular complexity index is 494. The van der Waals surface area contributed by atoms with Crippen LogP contribution in [0.4, 0.5) is 0 Å². The van der Waals surface area contributed by atoms with Gasteiger partial charge in [-0.3, -0.25) is 0 Å². The molecule has 1 atom stereocenters.